The second-order valence-corrected chi connectivity index (χ2v) is 10.5. The van der Waals surface area contributed by atoms with E-state index in [2.05, 4.69) is 10.2 Å². The van der Waals surface area contributed by atoms with Gasteiger partial charge in [-0.1, -0.05) is 36.4 Å². The highest BCUT2D eigenvalue weighted by Gasteiger charge is 2.47. The number of morpholine rings is 1. The third-order valence-electron chi connectivity index (χ3n) is 7.69. The van der Waals surface area contributed by atoms with Crippen molar-refractivity contribution in [3.8, 4) is 0 Å². The van der Waals surface area contributed by atoms with Gasteiger partial charge >= 0.3 is 12.1 Å². The van der Waals surface area contributed by atoms with Crippen molar-refractivity contribution in [3.05, 3.63) is 65.2 Å². The van der Waals surface area contributed by atoms with Gasteiger partial charge in [-0.05, 0) is 36.1 Å². The standard InChI is InChI=1S/C29H34F3N3O6/c30-29(31,32)28(38)35-11-1-2-24(35)26(37)33-22-9-7-21(8-10-22)27-40-23(17-34-12-14-39-15-13-34)16-25(41-27)20-5-3-19(18-36)4-6-20/h3-10,23-25,27,36H,1-2,11-18H2,(H,33,37)/t23-,24+,25+,27+/m1/s1. The second-order valence-electron chi connectivity index (χ2n) is 10.5. The molecule has 0 saturated carbocycles. The van der Waals surface area contributed by atoms with E-state index in [0.29, 0.717) is 36.6 Å². The molecule has 9 nitrogen and oxygen atoms in total. The molecule has 222 valence electrons. The Morgan fingerprint density at radius 2 is 1.63 bits per heavy atom. The zero-order chi connectivity index (χ0) is 29.0. The maximum absolute atomic E-state index is 12.9. The third-order valence-corrected chi connectivity index (χ3v) is 7.69. The van der Waals surface area contributed by atoms with Gasteiger partial charge in [0, 0.05) is 43.9 Å². The van der Waals surface area contributed by atoms with Gasteiger partial charge in [-0.3, -0.25) is 14.5 Å². The van der Waals surface area contributed by atoms with Crippen molar-refractivity contribution in [1.29, 1.82) is 0 Å². The van der Waals surface area contributed by atoms with Crippen LogP contribution in [0.3, 0.4) is 0 Å². The van der Waals surface area contributed by atoms with E-state index in [-0.39, 0.29) is 31.8 Å². The van der Waals surface area contributed by atoms with Crippen LogP contribution in [0.15, 0.2) is 48.5 Å². The molecule has 0 radical (unpaired) electrons. The number of carbonyl (C=O) groups excluding carboxylic acids is 2. The first-order chi connectivity index (χ1) is 19.7. The van der Waals surface area contributed by atoms with Crippen LogP contribution in [-0.4, -0.2) is 84.4 Å². The molecule has 2 N–H and O–H groups in total. The zero-order valence-corrected chi connectivity index (χ0v) is 22.5. The van der Waals surface area contributed by atoms with Gasteiger partial charge in [0.1, 0.15) is 6.04 Å². The quantitative estimate of drug-likeness (QED) is 0.519. The molecule has 3 fully saturated rings. The number of rotatable bonds is 7. The number of alkyl halides is 3. The molecule has 3 saturated heterocycles. The summed E-state index contributed by atoms with van der Waals surface area (Å²) >= 11 is 0. The van der Waals surface area contributed by atoms with E-state index in [9.17, 15) is 27.9 Å². The summed E-state index contributed by atoms with van der Waals surface area (Å²) in [4.78, 5) is 27.4. The van der Waals surface area contributed by atoms with E-state index in [0.717, 1.165) is 36.3 Å². The first kappa shape index (κ1) is 29.5. The Hall–Kier alpha value is -3.03. The largest absolute Gasteiger partial charge is 0.471 e. The topological polar surface area (TPSA) is 101 Å². The van der Waals surface area contributed by atoms with Gasteiger partial charge in [0.25, 0.3) is 0 Å². The number of carbonyl (C=O) groups is 2. The fraction of sp³-hybridized carbons (Fsp3) is 0.517. The van der Waals surface area contributed by atoms with Crippen molar-refractivity contribution < 1.29 is 42.1 Å². The minimum Gasteiger partial charge on any atom is -0.392 e. The number of nitrogens with one attached hydrogen (secondary N) is 1. The first-order valence-corrected chi connectivity index (χ1v) is 13.8. The van der Waals surface area contributed by atoms with Gasteiger partial charge in [-0.15, -0.1) is 0 Å². The lowest BCUT2D eigenvalue weighted by Crippen LogP contribution is -2.48. The highest BCUT2D eigenvalue weighted by Crippen LogP contribution is 2.38. The van der Waals surface area contributed by atoms with Gasteiger partial charge in [-0.25, -0.2) is 0 Å². The zero-order valence-electron chi connectivity index (χ0n) is 22.5. The van der Waals surface area contributed by atoms with Crippen LogP contribution in [0.5, 0.6) is 0 Å². The highest BCUT2D eigenvalue weighted by molar-refractivity contribution is 5.98. The highest BCUT2D eigenvalue weighted by atomic mass is 19.4. The number of amides is 2. The monoisotopic (exact) mass is 577 g/mol. The van der Waals surface area contributed by atoms with E-state index in [4.69, 9.17) is 14.2 Å². The van der Waals surface area contributed by atoms with Crippen LogP contribution in [0.4, 0.5) is 18.9 Å². The molecule has 3 aliphatic heterocycles. The number of aliphatic hydroxyl groups is 1. The fourth-order valence-corrected chi connectivity index (χ4v) is 5.50. The SMILES string of the molecule is O=C(Nc1ccc([C@H]2O[C@@H](CN3CCOCC3)C[C@@H](c3ccc(CO)cc3)O2)cc1)[C@@H]1CCCN1C(=O)C(F)(F)F. The predicted octanol–water partition coefficient (Wildman–Crippen LogP) is 3.55. The summed E-state index contributed by atoms with van der Waals surface area (Å²) in [6, 6.07) is 13.2. The molecule has 2 amide bonds. The van der Waals surface area contributed by atoms with Crippen LogP contribution < -0.4 is 5.32 Å². The lowest BCUT2D eigenvalue weighted by molar-refractivity contribution is -0.253. The van der Waals surface area contributed by atoms with Crippen LogP contribution in [0.25, 0.3) is 0 Å². The molecule has 3 heterocycles. The Labute approximate surface area is 236 Å². The summed E-state index contributed by atoms with van der Waals surface area (Å²) in [5, 5.41) is 12.0. The number of hydrogen-bond acceptors (Lipinski definition) is 7. The average molecular weight is 578 g/mol. The summed E-state index contributed by atoms with van der Waals surface area (Å²) in [6.45, 7) is 3.56. The van der Waals surface area contributed by atoms with Gasteiger partial charge in [0.2, 0.25) is 5.91 Å². The van der Waals surface area contributed by atoms with Crippen molar-refractivity contribution in [2.75, 3.05) is 44.7 Å². The van der Waals surface area contributed by atoms with Crippen LogP contribution in [0.2, 0.25) is 0 Å². The molecule has 12 heteroatoms. The molecule has 2 aromatic rings. The Kier molecular flexibility index (Phi) is 9.25. The Morgan fingerprint density at radius 3 is 2.29 bits per heavy atom. The number of likely N-dealkylation sites (tertiary alicyclic amines) is 1. The molecule has 0 spiro atoms. The van der Waals surface area contributed by atoms with E-state index < -0.39 is 30.3 Å². The second kappa shape index (κ2) is 12.9. The molecule has 5 rings (SSSR count). The third kappa shape index (κ3) is 7.25. The molecule has 4 atom stereocenters. The smallest absolute Gasteiger partial charge is 0.392 e. The number of benzene rings is 2. The summed E-state index contributed by atoms with van der Waals surface area (Å²) in [5.41, 5.74) is 2.90. The molecule has 3 aliphatic rings. The van der Waals surface area contributed by atoms with E-state index >= 15 is 0 Å². The van der Waals surface area contributed by atoms with Crippen molar-refractivity contribution in [3.63, 3.8) is 0 Å². The van der Waals surface area contributed by atoms with Crippen LogP contribution in [-0.2, 0) is 30.4 Å². The van der Waals surface area contributed by atoms with E-state index in [1.165, 1.54) is 0 Å². The Balaban J connectivity index is 1.27. The first-order valence-electron chi connectivity index (χ1n) is 13.8. The van der Waals surface area contributed by atoms with Gasteiger partial charge in [0.15, 0.2) is 6.29 Å². The summed E-state index contributed by atoms with van der Waals surface area (Å²) in [6.07, 6.45) is -4.93. The molecule has 0 aromatic heterocycles. The number of ether oxygens (including phenoxy) is 3. The molecule has 41 heavy (non-hydrogen) atoms. The number of hydrogen-bond donors (Lipinski definition) is 2. The summed E-state index contributed by atoms with van der Waals surface area (Å²) < 4.78 is 57.0. The van der Waals surface area contributed by atoms with Crippen LogP contribution in [0.1, 0.15) is 48.3 Å². The molecular weight excluding hydrogens is 543 g/mol. The summed E-state index contributed by atoms with van der Waals surface area (Å²) in [7, 11) is 0. The van der Waals surface area contributed by atoms with Crippen molar-refractivity contribution >= 4 is 17.5 Å². The van der Waals surface area contributed by atoms with Crippen molar-refractivity contribution in [1.82, 2.24) is 9.80 Å². The Morgan fingerprint density at radius 1 is 0.951 bits per heavy atom. The van der Waals surface area contributed by atoms with Crippen molar-refractivity contribution in [2.45, 2.75) is 56.6 Å². The van der Waals surface area contributed by atoms with Gasteiger partial charge in [-0.2, -0.15) is 13.2 Å². The molecule has 0 bridgehead atoms. The lowest BCUT2D eigenvalue weighted by Gasteiger charge is -2.39. The molecular formula is C29H34F3N3O6. The van der Waals surface area contributed by atoms with E-state index in [1.807, 2.05) is 24.3 Å². The molecule has 0 unspecified atom stereocenters. The number of anilines is 1. The van der Waals surface area contributed by atoms with Gasteiger partial charge < -0.3 is 29.5 Å². The van der Waals surface area contributed by atoms with Crippen molar-refractivity contribution in [2.24, 2.45) is 0 Å². The minimum atomic E-state index is -5.02. The Bertz CT molecular complexity index is 1190. The lowest BCUT2D eigenvalue weighted by atomic mass is 9.99. The average Bonchev–Trinajstić information content (AvgIpc) is 3.47. The number of nitrogens with zero attached hydrogens (tertiary/aromatic N) is 2. The fourth-order valence-electron chi connectivity index (χ4n) is 5.50. The van der Waals surface area contributed by atoms with Crippen LogP contribution >= 0.6 is 0 Å². The molecule has 0 aliphatic carbocycles. The normalized spacial score (nSPS) is 25.7. The van der Waals surface area contributed by atoms with Crippen LogP contribution in [0, 0.1) is 0 Å². The van der Waals surface area contributed by atoms with Gasteiger partial charge in [0.05, 0.1) is 32.0 Å². The summed E-state index contributed by atoms with van der Waals surface area (Å²) in [5.74, 6) is -2.65. The van der Waals surface area contributed by atoms with E-state index in [1.54, 1.807) is 24.3 Å². The number of halogens is 3. The molecule has 2 aromatic carbocycles. The maximum Gasteiger partial charge on any atom is 0.471 e. The predicted molar refractivity (Wildman–Crippen MR) is 142 cm³/mol. The number of aliphatic hydroxyl groups excluding tert-OH is 1. The minimum absolute atomic E-state index is 0.0441. The maximum atomic E-state index is 12.9.